The molecule has 1 aliphatic rings. The zero-order chi connectivity index (χ0) is 28.6. The molecular formula is C31H32ClNO6. The van der Waals surface area contributed by atoms with Gasteiger partial charge in [-0.3, -0.25) is 14.5 Å². The van der Waals surface area contributed by atoms with Crippen molar-refractivity contribution in [3.8, 4) is 17.2 Å². The van der Waals surface area contributed by atoms with Crippen molar-refractivity contribution in [2.45, 2.75) is 46.1 Å². The third kappa shape index (κ3) is 5.06. The quantitative estimate of drug-likeness (QED) is 0.202. The van der Waals surface area contributed by atoms with Crippen molar-refractivity contribution >= 4 is 34.7 Å². The van der Waals surface area contributed by atoms with E-state index in [4.69, 9.17) is 21.1 Å². The second-order valence-electron chi connectivity index (χ2n) is 10.4. The highest BCUT2D eigenvalue weighted by atomic mass is 35.5. The molecule has 3 aromatic carbocycles. The first kappa shape index (κ1) is 28.0. The number of phenols is 1. The fourth-order valence-electron chi connectivity index (χ4n) is 4.73. The van der Waals surface area contributed by atoms with Crippen LogP contribution in [-0.4, -0.2) is 35.6 Å². The number of phenolic OH excluding ortho intramolecular Hbond substituents is 1. The number of aliphatic hydroxyl groups is 1. The SMILES string of the molecule is CCOc1cc(C2/C(=C(\O)c3cc(C(C)(C)C)ccc3OC)C(=O)C(=O)N2c2cccc(Cl)c2C)ccc1O. The summed E-state index contributed by atoms with van der Waals surface area (Å²) in [6.07, 6.45) is 0. The molecule has 204 valence electrons. The van der Waals surface area contributed by atoms with E-state index in [9.17, 15) is 19.8 Å². The van der Waals surface area contributed by atoms with Crippen molar-refractivity contribution in [2.24, 2.45) is 0 Å². The summed E-state index contributed by atoms with van der Waals surface area (Å²) in [5.74, 6) is -1.58. The van der Waals surface area contributed by atoms with Gasteiger partial charge in [0.1, 0.15) is 11.5 Å². The molecule has 1 heterocycles. The Morgan fingerprint density at radius 3 is 2.41 bits per heavy atom. The zero-order valence-corrected chi connectivity index (χ0v) is 23.6. The zero-order valence-electron chi connectivity index (χ0n) is 22.8. The van der Waals surface area contributed by atoms with Gasteiger partial charge in [-0.25, -0.2) is 0 Å². The van der Waals surface area contributed by atoms with Gasteiger partial charge < -0.3 is 19.7 Å². The molecule has 0 bridgehead atoms. The van der Waals surface area contributed by atoms with E-state index in [1.807, 2.05) is 26.8 Å². The number of rotatable bonds is 6. The number of anilines is 1. The van der Waals surface area contributed by atoms with Gasteiger partial charge in [-0.15, -0.1) is 0 Å². The van der Waals surface area contributed by atoms with Crippen molar-refractivity contribution < 1.29 is 29.3 Å². The van der Waals surface area contributed by atoms with Crippen LogP contribution in [0.1, 0.15) is 56.0 Å². The van der Waals surface area contributed by atoms with Crippen LogP contribution in [0, 0.1) is 6.92 Å². The third-order valence-corrected chi connectivity index (χ3v) is 7.27. The largest absolute Gasteiger partial charge is 0.507 e. The van der Waals surface area contributed by atoms with Crippen molar-refractivity contribution in [1.29, 1.82) is 0 Å². The molecule has 0 aliphatic carbocycles. The van der Waals surface area contributed by atoms with Gasteiger partial charge in [0.15, 0.2) is 11.5 Å². The minimum absolute atomic E-state index is 0.0870. The Morgan fingerprint density at radius 1 is 1.05 bits per heavy atom. The van der Waals surface area contributed by atoms with Crippen LogP contribution in [0.2, 0.25) is 5.02 Å². The second-order valence-corrected chi connectivity index (χ2v) is 10.8. The van der Waals surface area contributed by atoms with E-state index in [0.717, 1.165) is 5.56 Å². The highest BCUT2D eigenvalue weighted by molar-refractivity contribution is 6.52. The topological polar surface area (TPSA) is 96.3 Å². The predicted octanol–water partition coefficient (Wildman–Crippen LogP) is 6.69. The van der Waals surface area contributed by atoms with Gasteiger partial charge in [0.25, 0.3) is 11.7 Å². The number of Topliss-reactive ketones (excluding diaryl/α,β-unsaturated/α-hetero) is 1. The van der Waals surface area contributed by atoms with E-state index in [1.54, 1.807) is 56.3 Å². The van der Waals surface area contributed by atoms with Crippen LogP contribution in [0.15, 0.2) is 60.2 Å². The number of benzene rings is 3. The van der Waals surface area contributed by atoms with Gasteiger partial charge >= 0.3 is 0 Å². The number of hydrogen-bond donors (Lipinski definition) is 2. The van der Waals surface area contributed by atoms with Gasteiger partial charge in [-0.2, -0.15) is 0 Å². The molecule has 8 heteroatoms. The number of hydrogen-bond acceptors (Lipinski definition) is 6. The molecule has 1 unspecified atom stereocenters. The summed E-state index contributed by atoms with van der Waals surface area (Å²) >= 11 is 6.40. The fourth-order valence-corrected chi connectivity index (χ4v) is 4.90. The maximum absolute atomic E-state index is 13.7. The number of aliphatic hydroxyl groups excluding tert-OH is 1. The van der Waals surface area contributed by atoms with Gasteiger partial charge in [0, 0.05) is 10.7 Å². The summed E-state index contributed by atoms with van der Waals surface area (Å²) in [5, 5.41) is 22.5. The maximum atomic E-state index is 13.7. The average Bonchev–Trinajstić information content (AvgIpc) is 3.15. The lowest BCUT2D eigenvalue weighted by Crippen LogP contribution is -2.30. The number of methoxy groups -OCH3 is 1. The molecule has 3 aromatic rings. The summed E-state index contributed by atoms with van der Waals surface area (Å²) < 4.78 is 11.1. The van der Waals surface area contributed by atoms with Crippen molar-refractivity contribution in [2.75, 3.05) is 18.6 Å². The standard InChI is InChI=1S/C31H32ClNO6/c1-7-39-25-15-18(11-13-23(25)34)27-26(28(35)20-16-19(31(3,4)5)12-14-24(20)38-6)29(36)30(37)33(27)22-10-8-9-21(32)17(22)2/h8-16,27,34-35H,7H2,1-6H3/b28-26+. The Balaban J connectivity index is 2.05. The van der Waals surface area contributed by atoms with Crippen molar-refractivity contribution in [1.82, 2.24) is 0 Å². The van der Waals surface area contributed by atoms with Crippen LogP contribution in [0.25, 0.3) is 5.76 Å². The van der Waals surface area contributed by atoms with Crippen LogP contribution in [0.4, 0.5) is 5.69 Å². The molecule has 1 amide bonds. The lowest BCUT2D eigenvalue weighted by molar-refractivity contribution is -0.132. The number of aromatic hydroxyl groups is 1. The molecule has 1 fully saturated rings. The Labute approximate surface area is 233 Å². The minimum atomic E-state index is -1.04. The molecular weight excluding hydrogens is 518 g/mol. The number of nitrogens with zero attached hydrogens (tertiary/aromatic N) is 1. The molecule has 0 radical (unpaired) electrons. The van der Waals surface area contributed by atoms with E-state index in [2.05, 4.69) is 0 Å². The van der Waals surface area contributed by atoms with Crippen molar-refractivity contribution in [3.63, 3.8) is 0 Å². The molecule has 7 nitrogen and oxygen atoms in total. The fraction of sp³-hybridized carbons (Fsp3) is 0.290. The number of carbonyl (C=O) groups excluding carboxylic acids is 2. The molecule has 1 aliphatic heterocycles. The normalized spacial score (nSPS) is 17.0. The average molecular weight is 550 g/mol. The summed E-state index contributed by atoms with van der Waals surface area (Å²) in [7, 11) is 1.47. The van der Waals surface area contributed by atoms with Gasteiger partial charge in [-0.1, -0.05) is 50.6 Å². The van der Waals surface area contributed by atoms with Crippen LogP contribution in [0.5, 0.6) is 17.2 Å². The molecule has 4 rings (SSSR count). The molecule has 1 saturated heterocycles. The third-order valence-electron chi connectivity index (χ3n) is 6.86. The highest BCUT2D eigenvalue weighted by Crippen LogP contribution is 2.46. The first-order valence-corrected chi connectivity index (χ1v) is 13.0. The van der Waals surface area contributed by atoms with Gasteiger partial charge in [0.2, 0.25) is 0 Å². The molecule has 39 heavy (non-hydrogen) atoms. The number of ketones is 1. The molecule has 0 aromatic heterocycles. The molecule has 1 atom stereocenters. The molecule has 0 spiro atoms. The number of amides is 1. The van der Waals surface area contributed by atoms with E-state index >= 15 is 0 Å². The number of carbonyl (C=O) groups is 2. The van der Waals surface area contributed by atoms with Crippen LogP contribution < -0.4 is 14.4 Å². The first-order valence-electron chi connectivity index (χ1n) is 12.6. The monoisotopic (exact) mass is 549 g/mol. The number of halogens is 1. The van der Waals surface area contributed by atoms with Crippen LogP contribution >= 0.6 is 11.6 Å². The summed E-state index contributed by atoms with van der Waals surface area (Å²) in [4.78, 5) is 28.6. The summed E-state index contributed by atoms with van der Waals surface area (Å²) in [6.45, 7) is 9.93. The Morgan fingerprint density at radius 2 is 1.77 bits per heavy atom. The molecule has 2 N–H and O–H groups in total. The van der Waals surface area contributed by atoms with Gasteiger partial charge in [0.05, 0.1) is 30.9 Å². The van der Waals surface area contributed by atoms with Gasteiger partial charge in [-0.05, 0) is 72.4 Å². The summed E-state index contributed by atoms with van der Waals surface area (Å²) in [5.41, 5.74) is 2.31. The van der Waals surface area contributed by atoms with E-state index in [-0.39, 0.29) is 28.2 Å². The Hall–Kier alpha value is -3.97. The first-order chi connectivity index (χ1) is 18.4. The lowest BCUT2D eigenvalue weighted by atomic mass is 9.85. The van der Waals surface area contributed by atoms with Crippen molar-refractivity contribution in [3.05, 3.63) is 87.4 Å². The predicted molar refractivity (Wildman–Crippen MR) is 152 cm³/mol. The number of ether oxygens (including phenoxy) is 2. The van der Waals surface area contributed by atoms with Crippen LogP contribution in [-0.2, 0) is 15.0 Å². The minimum Gasteiger partial charge on any atom is -0.507 e. The van der Waals surface area contributed by atoms with E-state index in [1.165, 1.54) is 18.1 Å². The van der Waals surface area contributed by atoms with Crippen LogP contribution in [0.3, 0.4) is 0 Å². The summed E-state index contributed by atoms with van der Waals surface area (Å²) in [6, 6.07) is 14.1. The molecule has 0 saturated carbocycles. The Bertz CT molecular complexity index is 1490. The smallest absolute Gasteiger partial charge is 0.300 e. The Kier molecular flexibility index (Phi) is 7.66. The lowest BCUT2D eigenvalue weighted by Gasteiger charge is -2.28. The highest BCUT2D eigenvalue weighted by Gasteiger charge is 2.48. The van der Waals surface area contributed by atoms with E-state index in [0.29, 0.717) is 39.8 Å². The second kappa shape index (κ2) is 10.7. The van der Waals surface area contributed by atoms with E-state index < -0.39 is 17.7 Å². The maximum Gasteiger partial charge on any atom is 0.300 e.